The van der Waals surface area contributed by atoms with Gasteiger partial charge in [0.25, 0.3) is 0 Å². The highest BCUT2D eigenvalue weighted by Crippen LogP contribution is 2.30. The number of benzene rings is 1. The van der Waals surface area contributed by atoms with Gasteiger partial charge in [0.15, 0.2) is 0 Å². The van der Waals surface area contributed by atoms with Crippen molar-refractivity contribution in [3.63, 3.8) is 0 Å². The predicted molar refractivity (Wildman–Crippen MR) is 88.4 cm³/mol. The Bertz CT molecular complexity index is 837. The van der Waals surface area contributed by atoms with Crippen molar-refractivity contribution in [3.8, 4) is 0 Å². The molecular weight excluding hydrogens is 369 g/mol. The molecule has 0 unspecified atom stereocenters. The number of halogens is 3. The fourth-order valence-corrected chi connectivity index (χ4v) is 5.00. The highest BCUT2D eigenvalue weighted by molar-refractivity contribution is 7.88. The molecule has 6 nitrogen and oxygen atoms in total. The molecule has 1 fully saturated rings. The summed E-state index contributed by atoms with van der Waals surface area (Å²) in [5.41, 5.74) is -0.715. The van der Waals surface area contributed by atoms with Crippen LogP contribution in [0, 0.1) is 0 Å². The third kappa shape index (κ3) is 4.42. The Kier molecular flexibility index (Phi) is 5.33. The van der Waals surface area contributed by atoms with E-state index in [0.717, 1.165) is 25.0 Å². The van der Waals surface area contributed by atoms with E-state index in [1.165, 1.54) is 22.6 Å². The van der Waals surface area contributed by atoms with Gasteiger partial charge in [0.2, 0.25) is 10.0 Å². The molecule has 0 radical (unpaired) electrons. The van der Waals surface area contributed by atoms with Crippen molar-refractivity contribution in [1.29, 1.82) is 0 Å². The quantitative estimate of drug-likeness (QED) is 0.790. The first kappa shape index (κ1) is 18.8. The summed E-state index contributed by atoms with van der Waals surface area (Å²) in [6.07, 6.45) is 0.989. The number of sulfonamides is 1. The molecular formula is C16H19F3N4O2S. The molecule has 1 aliphatic heterocycles. The highest BCUT2D eigenvalue weighted by atomic mass is 32.2. The molecule has 2 aromatic rings. The largest absolute Gasteiger partial charge is 0.416 e. The van der Waals surface area contributed by atoms with Crippen LogP contribution in [-0.4, -0.2) is 40.3 Å². The van der Waals surface area contributed by atoms with Crippen LogP contribution in [0.4, 0.5) is 13.2 Å². The van der Waals surface area contributed by atoms with E-state index < -0.39 is 27.5 Å². The lowest BCUT2D eigenvalue weighted by molar-refractivity contribution is -0.137. The third-order valence-corrected chi connectivity index (χ3v) is 6.30. The molecule has 1 aliphatic rings. The molecule has 1 saturated heterocycles. The molecule has 10 heteroatoms. The first-order valence-electron chi connectivity index (χ1n) is 8.25. The summed E-state index contributed by atoms with van der Waals surface area (Å²) in [4.78, 5) is 0. The second-order valence-electron chi connectivity index (χ2n) is 6.34. The fourth-order valence-electron chi connectivity index (χ4n) is 3.20. The van der Waals surface area contributed by atoms with E-state index in [9.17, 15) is 21.6 Å². The maximum atomic E-state index is 12.9. The minimum absolute atomic E-state index is 0.130. The average Bonchev–Trinajstić information content (AvgIpc) is 3.07. The van der Waals surface area contributed by atoms with Crippen LogP contribution >= 0.6 is 0 Å². The summed E-state index contributed by atoms with van der Waals surface area (Å²) in [5.74, 6) is -0.454. The third-order valence-electron chi connectivity index (χ3n) is 4.40. The summed E-state index contributed by atoms with van der Waals surface area (Å²) in [5, 5.41) is 7.58. The molecule has 1 atom stereocenters. The summed E-state index contributed by atoms with van der Waals surface area (Å²) in [6.45, 7) is 0.739. The van der Waals surface area contributed by atoms with Gasteiger partial charge in [-0.3, -0.25) is 4.68 Å². The molecule has 0 saturated carbocycles. The number of nitrogens with zero attached hydrogens (tertiary/aromatic N) is 4. The molecule has 0 amide bonds. The Morgan fingerprint density at radius 2 is 2.04 bits per heavy atom. The average molecular weight is 388 g/mol. The van der Waals surface area contributed by atoms with Gasteiger partial charge >= 0.3 is 6.18 Å². The molecule has 0 N–H and O–H groups in total. The first-order valence-corrected chi connectivity index (χ1v) is 9.86. The van der Waals surface area contributed by atoms with Gasteiger partial charge in [-0.15, -0.1) is 5.10 Å². The highest BCUT2D eigenvalue weighted by Gasteiger charge is 2.34. The van der Waals surface area contributed by atoms with E-state index in [0.29, 0.717) is 19.5 Å². The van der Waals surface area contributed by atoms with Crippen LogP contribution in [-0.2, 0) is 28.5 Å². The van der Waals surface area contributed by atoms with Gasteiger partial charge in [-0.05, 0) is 24.5 Å². The maximum Gasteiger partial charge on any atom is 0.416 e. The van der Waals surface area contributed by atoms with Crippen LogP contribution < -0.4 is 0 Å². The van der Waals surface area contributed by atoms with Crippen molar-refractivity contribution in [3.05, 3.63) is 47.8 Å². The molecule has 0 aliphatic carbocycles. The normalized spacial score (nSPS) is 19.6. The lowest BCUT2D eigenvalue weighted by Gasteiger charge is -2.34. The number of hydrogen-bond donors (Lipinski definition) is 0. The van der Waals surface area contributed by atoms with Crippen molar-refractivity contribution >= 4 is 10.0 Å². The summed E-state index contributed by atoms with van der Waals surface area (Å²) < 4.78 is 67.2. The Morgan fingerprint density at radius 1 is 1.23 bits per heavy atom. The van der Waals surface area contributed by atoms with E-state index in [1.807, 2.05) is 0 Å². The smallest absolute Gasteiger partial charge is 0.251 e. The van der Waals surface area contributed by atoms with Gasteiger partial charge in [-0.25, -0.2) is 8.42 Å². The molecule has 142 valence electrons. The van der Waals surface area contributed by atoms with Crippen LogP contribution in [0.3, 0.4) is 0 Å². The molecule has 0 spiro atoms. The van der Waals surface area contributed by atoms with Gasteiger partial charge in [0, 0.05) is 18.8 Å². The maximum absolute atomic E-state index is 12.9. The zero-order chi connectivity index (χ0) is 18.8. The van der Waals surface area contributed by atoms with Gasteiger partial charge in [-0.1, -0.05) is 29.8 Å². The minimum Gasteiger partial charge on any atom is -0.251 e. The van der Waals surface area contributed by atoms with Gasteiger partial charge in [-0.2, -0.15) is 17.5 Å². The Labute approximate surface area is 149 Å². The monoisotopic (exact) mass is 388 g/mol. The number of aromatic nitrogens is 3. The molecule has 1 aromatic heterocycles. The van der Waals surface area contributed by atoms with E-state index in [1.54, 1.807) is 10.9 Å². The standard InChI is InChI=1S/C16H19F3N4O2S/c17-16(18,19)14-5-3-4-13(10-14)12-26(24,25)23-8-2-1-6-15(23)11-22-9-7-20-21-22/h3-5,7,9-10,15H,1-2,6,8,11-12H2/t15-/m1/s1. The van der Waals surface area contributed by atoms with Crippen LogP contribution in [0.2, 0.25) is 0 Å². The van der Waals surface area contributed by atoms with Gasteiger partial charge < -0.3 is 0 Å². The SMILES string of the molecule is O=S(=O)(Cc1cccc(C(F)(F)F)c1)N1CCCC[C@@H]1Cn1ccnn1. The second-order valence-corrected chi connectivity index (χ2v) is 8.26. The fraction of sp³-hybridized carbons (Fsp3) is 0.500. The van der Waals surface area contributed by atoms with Crippen molar-refractivity contribution in [2.75, 3.05) is 6.54 Å². The number of rotatable bonds is 5. The van der Waals surface area contributed by atoms with E-state index in [4.69, 9.17) is 0 Å². The Morgan fingerprint density at radius 3 is 2.73 bits per heavy atom. The van der Waals surface area contributed by atoms with E-state index in [2.05, 4.69) is 10.3 Å². The summed E-state index contributed by atoms with van der Waals surface area (Å²) in [6, 6.07) is 4.19. The molecule has 0 bridgehead atoms. The molecule has 26 heavy (non-hydrogen) atoms. The number of hydrogen-bond acceptors (Lipinski definition) is 4. The predicted octanol–water partition coefficient (Wildman–Crippen LogP) is 2.68. The van der Waals surface area contributed by atoms with E-state index >= 15 is 0 Å². The lowest BCUT2D eigenvalue weighted by atomic mass is 10.1. The minimum atomic E-state index is -4.50. The van der Waals surface area contributed by atoms with E-state index in [-0.39, 0.29) is 11.6 Å². The van der Waals surface area contributed by atoms with Gasteiger partial charge in [0.05, 0.1) is 24.1 Å². The number of piperidine rings is 1. The van der Waals surface area contributed by atoms with Crippen molar-refractivity contribution in [2.45, 2.75) is 43.8 Å². The van der Waals surface area contributed by atoms with Crippen molar-refractivity contribution < 1.29 is 21.6 Å². The molecule has 3 rings (SSSR count). The van der Waals surface area contributed by atoms with Crippen LogP contribution in [0.15, 0.2) is 36.7 Å². The summed E-state index contributed by atoms with van der Waals surface area (Å²) >= 11 is 0. The van der Waals surface area contributed by atoms with Crippen molar-refractivity contribution in [1.82, 2.24) is 19.3 Å². The summed E-state index contributed by atoms with van der Waals surface area (Å²) in [7, 11) is -3.75. The van der Waals surface area contributed by atoms with Crippen LogP contribution in [0.5, 0.6) is 0 Å². The zero-order valence-corrected chi connectivity index (χ0v) is 14.7. The lowest BCUT2D eigenvalue weighted by Crippen LogP contribution is -2.46. The van der Waals surface area contributed by atoms with Crippen molar-refractivity contribution in [2.24, 2.45) is 0 Å². The topological polar surface area (TPSA) is 68.1 Å². The van der Waals surface area contributed by atoms with Crippen LogP contribution in [0.1, 0.15) is 30.4 Å². The van der Waals surface area contributed by atoms with Crippen LogP contribution in [0.25, 0.3) is 0 Å². The molecule has 1 aromatic carbocycles. The van der Waals surface area contributed by atoms with Gasteiger partial charge in [0.1, 0.15) is 0 Å². The number of alkyl halides is 3. The Hall–Kier alpha value is -1.94. The zero-order valence-electron chi connectivity index (χ0n) is 13.9. The Balaban J connectivity index is 1.79. The first-order chi connectivity index (χ1) is 12.3. The second kappa shape index (κ2) is 7.36. The molecule has 2 heterocycles.